The first-order chi connectivity index (χ1) is 14.1. The molecule has 1 saturated carbocycles. The summed E-state index contributed by atoms with van der Waals surface area (Å²) in [4.78, 5) is 24.4. The average Bonchev–Trinajstić information content (AvgIpc) is 3.20. The van der Waals surface area contributed by atoms with Crippen molar-refractivity contribution in [1.82, 2.24) is 9.97 Å². The number of carbonyl (C=O) groups is 1. The summed E-state index contributed by atoms with van der Waals surface area (Å²) < 4.78 is 5.60. The van der Waals surface area contributed by atoms with Crippen LogP contribution in [-0.2, 0) is 6.42 Å². The summed E-state index contributed by atoms with van der Waals surface area (Å²) in [7, 11) is 0. The van der Waals surface area contributed by atoms with E-state index in [1.165, 1.54) is 32.1 Å². The molecule has 1 aliphatic carbocycles. The zero-order valence-electron chi connectivity index (χ0n) is 17.4. The van der Waals surface area contributed by atoms with Gasteiger partial charge in [0.15, 0.2) is 0 Å². The van der Waals surface area contributed by atoms with Crippen LogP contribution < -0.4 is 15.0 Å². The molecule has 0 spiro atoms. The molecule has 154 valence electrons. The number of benzene rings is 1. The van der Waals surface area contributed by atoms with Crippen molar-refractivity contribution in [2.24, 2.45) is 5.92 Å². The Kier molecular flexibility index (Phi) is 5.97. The molecule has 1 N–H and O–H groups in total. The van der Waals surface area contributed by atoms with Gasteiger partial charge in [0.1, 0.15) is 11.6 Å². The van der Waals surface area contributed by atoms with Crippen LogP contribution in [0.25, 0.3) is 0 Å². The van der Waals surface area contributed by atoms with Gasteiger partial charge in [0.2, 0.25) is 5.95 Å². The molecule has 0 saturated heterocycles. The molecule has 2 aromatic rings. The van der Waals surface area contributed by atoms with E-state index in [2.05, 4.69) is 15.3 Å². The molecule has 2 heterocycles. The van der Waals surface area contributed by atoms with Gasteiger partial charge in [-0.3, -0.25) is 9.69 Å². The quantitative estimate of drug-likeness (QED) is 0.783. The second-order valence-electron chi connectivity index (χ2n) is 8.38. The second kappa shape index (κ2) is 8.80. The van der Waals surface area contributed by atoms with Crippen LogP contribution in [0.1, 0.15) is 61.9 Å². The van der Waals surface area contributed by atoms with E-state index < -0.39 is 0 Å². The average molecular weight is 395 g/mol. The summed E-state index contributed by atoms with van der Waals surface area (Å²) in [5, 5.41) is 3.24. The van der Waals surface area contributed by atoms with Gasteiger partial charge >= 0.3 is 0 Å². The van der Waals surface area contributed by atoms with E-state index in [1.54, 1.807) is 6.20 Å². The SMILES string of the molecule is CC(C)Nc1nccc(N(CC2CCCCC2)C(=O)c2ccc3c(c2)CCO3)n1. The summed E-state index contributed by atoms with van der Waals surface area (Å²) in [6, 6.07) is 7.83. The standard InChI is InChI=1S/C23H30N4O2/c1-16(2)25-23-24-12-10-21(26-23)27(15-17-6-4-3-5-7-17)22(28)19-8-9-20-18(14-19)11-13-29-20/h8-10,12,14,16-17H,3-7,11,13,15H2,1-2H3,(H,24,25,26). The minimum atomic E-state index is -0.000490. The van der Waals surface area contributed by atoms with E-state index in [-0.39, 0.29) is 11.9 Å². The third-order valence-electron chi connectivity index (χ3n) is 5.68. The smallest absolute Gasteiger partial charge is 0.259 e. The first-order valence-electron chi connectivity index (χ1n) is 10.8. The number of anilines is 2. The first-order valence-corrected chi connectivity index (χ1v) is 10.8. The van der Waals surface area contributed by atoms with Gasteiger partial charge in [0, 0.05) is 30.8 Å². The van der Waals surface area contributed by atoms with Gasteiger partial charge in [-0.15, -0.1) is 0 Å². The number of rotatable bonds is 6. The van der Waals surface area contributed by atoms with Gasteiger partial charge in [-0.25, -0.2) is 4.98 Å². The maximum absolute atomic E-state index is 13.6. The number of amides is 1. The van der Waals surface area contributed by atoms with Crippen LogP contribution >= 0.6 is 0 Å². The molecule has 4 rings (SSSR count). The van der Waals surface area contributed by atoms with Gasteiger partial charge in [-0.05, 0) is 62.4 Å². The maximum atomic E-state index is 13.6. The van der Waals surface area contributed by atoms with Crippen LogP contribution in [0.15, 0.2) is 30.5 Å². The Morgan fingerprint density at radius 1 is 1.24 bits per heavy atom. The Morgan fingerprint density at radius 3 is 2.86 bits per heavy atom. The molecule has 1 aliphatic heterocycles. The van der Waals surface area contributed by atoms with Crippen LogP contribution in [0.5, 0.6) is 5.75 Å². The summed E-state index contributed by atoms with van der Waals surface area (Å²) in [6.07, 6.45) is 8.71. The molecule has 1 amide bonds. The zero-order valence-corrected chi connectivity index (χ0v) is 17.4. The minimum Gasteiger partial charge on any atom is -0.493 e. The summed E-state index contributed by atoms with van der Waals surface area (Å²) >= 11 is 0. The molecule has 1 aromatic heterocycles. The molecule has 0 radical (unpaired) electrons. The van der Waals surface area contributed by atoms with Crippen molar-refractivity contribution < 1.29 is 9.53 Å². The van der Waals surface area contributed by atoms with E-state index in [0.29, 0.717) is 36.4 Å². The molecule has 2 aliphatic rings. The third kappa shape index (κ3) is 4.69. The molecule has 0 atom stereocenters. The van der Waals surface area contributed by atoms with Crippen molar-refractivity contribution in [1.29, 1.82) is 0 Å². The predicted octanol–water partition coefficient (Wildman–Crippen LogP) is 4.46. The number of hydrogen-bond acceptors (Lipinski definition) is 5. The largest absolute Gasteiger partial charge is 0.493 e. The van der Waals surface area contributed by atoms with Crippen LogP contribution in [0.4, 0.5) is 11.8 Å². The van der Waals surface area contributed by atoms with Crippen molar-refractivity contribution in [2.75, 3.05) is 23.4 Å². The van der Waals surface area contributed by atoms with Gasteiger partial charge in [-0.1, -0.05) is 19.3 Å². The molecular weight excluding hydrogens is 364 g/mol. The molecule has 1 aromatic carbocycles. The monoisotopic (exact) mass is 394 g/mol. The van der Waals surface area contributed by atoms with E-state index in [0.717, 1.165) is 17.7 Å². The highest BCUT2D eigenvalue weighted by molar-refractivity contribution is 6.05. The van der Waals surface area contributed by atoms with Gasteiger partial charge < -0.3 is 10.1 Å². The lowest BCUT2D eigenvalue weighted by Crippen LogP contribution is -2.37. The van der Waals surface area contributed by atoms with E-state index in [4.69, 9.17) is 4.74 Å². The van der Waals surface area contributed by atoms with Gasteiger partial charge in [0.25, 0.3) is 5.91 Å². The predicted molar refractivity (Wildman–Crippen MR) is 115 cm³/mol. The molecule has 29 heavy (non-hydrogen) atoms. The Morgan fingerprint density at radius 2 is 2.07 bits per heavy atom. The fraction of sp³-hybridized carbons (Fsp3) is 0.522. The Balaban J connectivity index is 1.63. The summed E-state index contributed by atoms with van der Waals surface area (Å²) in [5.41, 5.74) is 1.81. The number of nitrogens with one attached hydrogen (secondary N) is 1. The van der Waals surface area contributed by atoms with Crippen molar-refractivity contribution in [3.8, 4) is 5.75 Å². The minimum absolute atomic E-state index is 0.000490. The Bertz CT molecular complexity index is 862. The fourth-order valence-corrected chi connectivity index (χ4v) is 4.21. The fourth-order valence-electron chi connectivity index (χ4n) is 4.21. The summed E-state index contributed by atoms with van der Waals surface area (Å²) in [6.45, 7) is 5.49. The number of ether oxygens (including phenoxy) is 1. The third-order valence-corrected chi connectivity index (χ3v) is 5.68. The second-order valence-corrected chi connectivity index (χ2v) is 8.38. The highest BCUT2D eigenvalue weighted by atomic mass is 16.5. The van der Waals surface area contributed by atoms with Crippen molar-refractivity contribution in [3.63, 3.8) is 0 Å². The number of aromatic nitrogens is 2. The lowest BCUT2D eigenvalue weighted by molar-refractivity contribution is 0.0979. The lowest BCUT2D eigenvalue weighted by atomic mass is 9.89. The summed E-state index contributed by atoms with van der Waals surface area (Å²) in [5.74, 6) is 2.63. The zero-order chi connectivity index (χ0) is 20.2. The highest BCUT2D eigenvalue weighted by Crippen LogP contribution is 2.29. The van der Waals surface area contributed by atoms with E-state index in [9.17, 15) is 4.79 Å². The molecule has 0 unspecified atom stereocenters. The van der Waals surface area contributed by atoms with Crippen LogP contribution in [-0.4, -0.2) is 35.1 Å². The molecule has 1 fully saturated rings. The Hall–Kier alpha value is -2.63. The van der Waals surface area contributed by atoms with E-state index >= 15 is 0 Å². The van der Waals surface area contributed by atoms with Gasteiger partial charge in [0.05, 0.1) is 6.61 Å². The number of fused-ring (bicyclic) bond motifs is 1. The number of hydrogen-bond donors (Lipinski definition) is 1. The highest BCUT2D eigenvalue weighted by Gasteiger charge is 2.26. The first kappa shape index (κ1) is 19.7. The molecule has 6 nitrogen and oxygen atoms in total. The van der Waals surface area contributed by atoms with Crippen LogP contribution in [0.3, 0.4) is 0 Å². The number of carbonyl (C=O) groups excluding carboxylic acids is 1. The Labute approximate surface area is 172 Å². The number of nitrogens with zero attached hydrogens (tertiary/aromatic N) is 3. The molecule has 6 heteroatoms. The van der Waals surface area contributed by atoms with Crippen LogP contribution in [0, 0.1) is 5.92 Å². The van der Waals surface area contributed by atoms with Crippen molar-refractivity contribution in [2.45, 2.75) is 58.4 Å². The lowest BCUT2D eigenvalue weighted by Gasteiger charge is -2.29. The van der Waals surface area contributed by atoms with Gasteiger partial charge in [-0.2, -0.15) is 4.98 Å². The van der Waals surface area contributed by atoms with Crippen LogP contribution in [0.2, 0.25) is 0 Å². The molecule has 0 bridgehead atoms. The van der Waals surface area contributed by atoms with Crippen molar-refractivity contribution >= 4 is 17.7 Å². The van der Waals surface area contributed by atoms with E-state index in [1.807, 2.05) is 43.0 Å². The topological polar surface area (TPSA) is 67.4 Å². The van der Waals surface area contributed by atoms with Crippen molar-refractivity contribution in [3.05, 3.63) is 41.6 Å². The molecular formula is C23H30N4O2. The maximum Gasteiger partial charge on any atom is 0.259 e. The normalized spacial score (nSPS) is 16.4.